The van der Waals surface area contributed by atoms with Crippen molar-refractivity contribution >= 4 is 45.4 Å². The Morgan fingerprint density at radius 3 is 3.04 bits per heavy atom. The number of hydrogen-bond acceptors (Lipinski definition) is 4. The van der Waals surface area contributed by atoms with Crippen LogP contribution in [-0.2, 0) is 0 Å². The van der Waals surface area contributed by atoms with Gasteiger partial charge >= 0.3 is 0 Å². The van der Waals surface area contributed by atoms with Crippen molar-refractivity contribution < 1.29 is 4.79 Å². The number of fused-ring (bicyclic) bond motifs is 1. The van der Waals surface area contributed by atoms with Gasteiger partial charge in [0.15, 0.2) is 0 Å². The van der Waals surface area contributed by atoms with Crippen molar-refractivity contribution in [1.29, 1.82) is 0 Å². The number of carbonyl (C=O) groups excluding carboxylic acids is 1. The van der Waals surface area contributed by atoms with Crippen LogP contribution in [0.15, 0.2) is 36.0 Å². The van der Waals surface area contributed by atoms with Crippen molar-refractivity contribution in [3.05, 3.63) is 52.3 Å². The molecule has 3 aromatic heterocycles. The molecular weight excluding hydrogens is 346 g/mol. The molecular formula is C16H12ClN5OS. The largest absolute Gasteiger partial charge is 0.351 e. The van der Waals surface area contributed by atoms with Gasteiger partial charge < -0.3 is 10.3 Å². The zero-order chi connectivity index (χ0) is 16.7. The van der Waals surface area contributed by atoms with Crippen LogP contribution in [0.5, 0.6) is 0 Å². The molecule has 0 radical (unpaired) electrons. The summed E-state index contributed by atoms with van der Waals surface area (Å²) < 4.78 is 0. The summed E-state index contributed by atoms with van der Waals surface area (Å²) in [4.78, 5) is 19.9. The Balaban J connectivity index is 1.66. The number of nitrogens with zero attached hydrogens (tertiary/aromatic N) is 2. The number of carbonyl (C=O) groups is 1. The number of aromatic amines is 2. The summed E-state index contributed by atoms with van der Waals surface area (Å²) in [7, 11) is 0. The molecule has 3 heterocycles. The highest BCUT2D eigenvalue weighted by Crippen LogP contribution is 2.29. The number of aromatic nitrogens is 4. The van der Waals surface area contributed by atoms with Gasteiger partial charge in [-0.1, -0.05) is 11.6 Å². The standard InChI is InChI=1S/C16H12ClN5OS/c1-8-9-6-12(20-11(9)3-2-10(8)17)15(23)21-13-7-19-22-14(13)16-18-4-5-24-16/h2-7,20H,1H3,(H,19,22)(H,21,23). The molecule has 0 aliphatic carbocycles. The quantitative estimate of drug-likeness (QED) is 0.512. The maximum absolute atomic E-state index is 12.6. The molecule has 4 rings (SSSR count). The molecule has 24 heavy (non-hydrogen) atoms. The summed E-state index contributed by atoms with van der Waals surface area (Å²) in [5.74, 6) is -0.249. The maximum atomic E-state index is 12.6. The molecule has 0 spiro atoms. The van der Waals surface area contributed by atoms with E-state index < -0.39 is 0 Å². The Morgan fingerprint density at radius 1 is 1.38 bits per heavy atom. The van der Waals surface area contributed by atoms with Crippen LogP contribution >= 0.6 is 22.9 Å². The number of nitrogens with one attached hydrogen (secondary N) is 3. The lowest BCUT2D eigenvalue weighted by atomic mass is 10.1. The average Bonchev–Trinajstić information content (AvgIpc) is 3.29. The minimum atomic E-state index is -0.249. The van der Waals surface area contributed by atoms with Crippen molar-refractivity contribution in [2.45, 2.75) is 6.92 Å². The SMILES string of the molecule is Cc1c(Cl)ccc2[nH]c(C(=O)Nc3cn[nH]c3-c3nccs3)cc12. The van der Waals surface area contributed by atoms with Gasteiger partial charge in [0.1, 0.15) is 16.4 Å². The molecule has 0 aliphatic rings. The molecule has 0 unspecified atom stereocenters. The van der Waals surface area contributed by atoms with Gasteiger partial charge in [0, 0.05) is 27.5 Å². The molecule has 6 nitrogen and oxygen atoms in total. The van der Waals surface area contributed by atoms with Gasteiger partial charge in [-0.25, -0.2) is 4.98 Å². The van der Waals surface area contributed by atoms with Gasteiger partial charge in [0.2, 0.25) is 0 Å². The van der Waals surface area contributed by atoms with Gasteiger partial charge in [-0.05, 0) is 30.7 Å². The summed E-state index contributed by atoms with van der Waals surface area (Å²) in [6, 6.07) is 5.48. The van der Waals surface area contributed by atoms with Crippen LogP contribution in [-0.4, -0.2) is 26.1 Å². The van der Waals surface area contributed by atoms with Gasteiger partial charge in [0.25, 0.3) is 5.91 Å². The highest BCUT2D eigenvalue weighted by molar-refractivity contribution is 7.13. The average molecular weight is 358 g/mol. The first-order valence-electron chi connectivity index (χ1n) is 7.16. The van der Waals surface area contributed by atoms with E-state index in [2.05, 4.69) is 25.5 Å². The first-order chi connectivity index (χ1) is 11.6. The summed E-state index contributed by atoms with van der Waals surface area (Å²) in [5.41, 5.74) is 3.55. The third-order valence-corrected chi connectivity index (χ3v) is 4.99. The van der Waals surface area contributed by atoms with Crippen LogP contribution in [0.25, 0.3) is 21.6 Å². The lowest BCUT2D eigenvalue weighted by Gasteiger charge is -2.02. The van der Waals surface area contributed by atoms with Gasteiger partial charge in [-0.2, -0.15) is 5.10 Å². The van der Waals surface area contributed by atoms with E-state index in [4.69, 9.17) is 11.6 Å². The molecule has 3 N–H and O–H groups in total. The minimum absolute atomic E-state index is 0.249. The van der Waals surface area contributed by atoms with E-state index in [9.17, 15) is 4.79 Å². The molecule has 0 saturated heterocycles. The van der Waals surface area contributed by atoms with Crippen LogP contribution in [0.2, 0.25) is 5.02 Å². The Bertz CT molecular complexity index is 1030. The number of thiazole rings is 1. The minimum Gasteiger partial charge on any atom is -0.351 e. The lowest BCUT2D eigenvalue weighted by molar-refractivity contribution is 0.102. The number of benzene rings is 1. The normalized spacial score (nSPS) is 11.1. The number of anilines is 1. The van der Waals surface area contributed by atoms with Crippen molar-refractivity contribution in [2.24, 2.45) is 0 Å². The van der Waals surface area contributed by atoms with Crippen LogP contribution in [0.3, 0.4) is 0 Å². The molecule has 0 saturated carbocycles. The lowest BCUT2D eigenvalue weighted by Crippen LogP contribution is -2.12. The molecule has 0 bridgehead atoms. The highest BCUT2D eigenvalue weighted by atomic mass is 35.5. The molecule has 8 heteroatoms. The van der Waals surface area contributed by atoms with E-state index >= 15 is 0 Å². The van der Waals surface area contributed by atoms with E-state index in [1.165, 1.54) is 11.3 Å². The third-order valence-electron chi connectivity index (χ3n) is 3.79. The van der Waals surface area contributed by atoms with Crippen LogP contribution in [0.1, 0.15) is 16.1 Å². The van der Waals surface area contributed by atoms with E-state index in [-0.39, 0.29) is 5.91 Å². The fourth-order valence-corrected chi connectivity index (χ4v) is 3.34. The second-order valence-corrected chi connectivity index (χ2v) is 6.57. The molecule has 1 aromatic carbocycles. The van der Waals surface area contributed by atoms with Crippen molar-refractivity contribution in [2.75, 3.05) is 5.32 Å². The molecule has 0 atom stereocenters. The Labute approximate surface area is 145 Å². The number of aryl methyl sites for hydroxylation is 1. The highest BCUT2D eigenvalue weighted by Gasteiger charge is 2.16. The van der Waals surface area contributed by atoms with Gasteiger partial charge in [0.05, 0.1) is 11.9 Å². The van der Waals surface area contributed by atoms with E-state index in [1.807, 2.05) is 24.4 Å². The zero-order valence-electron chi connectivity index (χ0n) is 12.6. The fourth-order valence-electron chi connectivity index (χ4n) is 2.53. The third kappa shape index (κ3) is 2.47. The van der Waals surface area contributed by atoms with Crippen LogP contribution < -0.4 is 5.32 Å². The monoisotopic (exact) mass is 357 g/mol. The summed E-state index contributed by atoms with van der Waals surface area (Å²) in [5, 5.41) is 14.0. The van der Waals surface area contributed by atoms with Crippen molar-refractivity contribution in [3.63, 3.8) is 0 Å². The van der Waals surface area contributed by atoms with Gasteiger partial charge in [-0.3, -0.25) is 9.89 Å². The predicted octanol–water partition coefficient (Wildman–Crippen LogP) is 4.23. The number of halogens is 1. The maximum Gasteiger partial charge on any atom is 0.272 e. The topological polar surface area (TPSA) is 86.5 Å². The number of hydrogen-bond donors (Lipinski definition) is 3. The number of amides is 1. The van der Waals surface area contributed by atoms with E-state index in [1.54, 1.807) is 18.5 Å². The Kier molecular flexibility index (Phi) is 3.59. The fraction of sp³-hybridized carbons (Fsp3) is 0.0625. The number of rotatable bonds is 3. The summed E-state index contributed by atoms with van der Waals surface area (Å²) in [6.45, 7) is 1.93. The second-order valence-electron chi connectivity index (χ2n) is 5.27. The van der Waals surface area contributed by atoms with Crippen LogP contribution in [0, 0.1) is 6.92 Å². The molecule has 0 fully saturated rings. The van der Waals surface area contributed by atoms with Gasteiger partial charge in [-0.15, -0.1) is 11.3 Å². The zero-order valence-corrected chi connectivity index (χ0v) is 14.1. The molecule has 120 valence electrons. The Hall–Kier alpha value is -2.64. The van der Waals surface area contributed by atoms with E-state index in [0.717, 1.165) is 21.5 Å². The smallest absolute Gasteiger partial charge is 0.272 e. The van der Waals surface area contributed by atoms with Crippen molar-refractivity contribution in [3.8, 4) is 10.7 Å². The molecule has 4 aromatic rings. The summed E-state index contributed by atoms with van der Waals surface area (Å²) >= 11 is 7.61. The van der Waals surface area contributed by atoms with Crippen molar-refractivity contribution in [1.82, 2.24) is 20.2 Å². The molecule has 0 aliphatic heterocycles. The first-order valence-corrected chi connectivity index (χ1v) is 8.41. The number of H-pyrrole nitrogens is 2. The predicted molar refractivity (Wildman–Crippen MR) is 95.7 cm³/mol. The second kappa shape index (κ2) is 5.77. The Morgan fingerprint density at radius 2 is 2.25 bits per heavy atom. The first kappa shape index (κ1) is 14.9. The van der Waals surface area contributed by atoms with Crippen LogP contribution in [0.4, 0.5) is 5.69 Å². The molecule has 1 amide bonds. The van der Waals surface area contributed by atoms with E-state index in [0.29, 0.717) is 22.1 Å². The summed E-state index contributed by atoms with van der Waals surface area (Å²) in [6.07, 6.45) is 3.27.